The number of hydrogen-bond donors (Lipinski definition) is 3. The number of benzene rings is 1. The van der Waals surface area contributed by atoms with Crippen molar-refractivity contribution < 1.29 is 13.6 Å². The van der Waals surface area contributed by atoms with Gasteiger partial charge in [0.25, 0.3) is 5.91 Å². The Morgan fingerprint density at radius 1 is 1.29 bits per heavy atom. The molecule has 110 valence electrons. The van der Waals surface area contributed by atoms with Crippen molar-refractivity contribution in [1.29, 1.82) is 0 Å². The second-order valence-electron chi connectivity index (χ2n) is 4.13. The molecule has 8 heteroatoms. The lowest BCUT2D eigenvalue weighted by atomic mass is 10.2. The van der Waals surface area contributed by atoms with Gasteiger partial charge in [0.05, 0.1) is 10.6 Å². The van der Waals surface area contributed by atoms with Crippen LogP contribution in [0.25, 0.3) is 0 Å². The molecule has 0 atom stereocenters. The Morgan fingerprint density at radius 3 is 2.67 bits per heavy atom. The van der Waals surface area contributed by atoms with Crippen molar-refractivity contribution in [3.63, 3.8) is 0 Å². The summed E-state index contributed by atoms with van der Waals surface area (Å²) in [5.41, 5.74) is 2.93. The van der Waals surface area contributed by atoms with E-state index in [1.165, 1.54) is 18.3 Å². The molecule has 0 saturated carbocycles. The molecule has 1 aromatic carbocycles. The van der Waals surface area contributed by atoms with Crippen molar-refractivity contribution in [1.82, 2.24) is 10.3 Å². The van der Waals surface area contributed by atoms with Crippen LogP contribution in [-0.4, -0.2) is 10.9 Å². The minimum Gasteiger partial charge on any atom is -0.348 e. The second kappa shape index (κ2) is 6.47. The molecule has 0 aliphatic carbocycles. The summed E-state index contributed by atoms with van der Waals surface area (Å²) in [7, 11) is 0. The predicted molar refractivity (Wildman–Crippen MR) is 74.6 cm³/mol. The lowest BCUT2D eigenvalue weighted by Crippen LogP contribution is -2.23. The molecule has 2 aromatic rings. The Kier molecular flexibility index (Phi) is 4.66. The molecule has 0 aliphatic heterocycles. The topological polar surface area (TPSA) is 80.0 Å². The lowest BCUT2D eigenvalue weighted by molar-refractivity contribution is 0.0950. The number of hydrazine groups is 1. The quantitative estimate of drug-likeness (QED) is 0.597. The SMILES string of the molecule is NNc1ncc(C(=O)NCc2ccc(F)c(F)c2)cc1Cl. The third-order valence-electron chi connectivity index (χ3n) is 2.68. The number of carbonyl (C=O) groups is 1. The number of nitrogens with one attached hydrogen (secondary N) is 2. The van der Waals surface area contributed by atoms with Gasteiger partial charge in [-0.05, 0) is 23.8 Å². The van der Waals surface area contributed by atoms with Gasteiger partial charge in [0.15, 0.2) is 17.5 Å². The summed E-state index contributed by atoms with van der Waals surface area (Å²) in [5, 5.41) is 2.74. The molecule has 0 unspecified atom stereocenters. The van der Waals surface area contributed by atoms with E-state index in [1.54, 1.807) is 0 Å². The van der Waals surface area contributed by atoms with Crippen LogP contribution in [0.3, 0.4) is 0 Å². The van der Waals surface area contributed by atoms with E-state index in [0.717, 1.165) is 12.1 Å². The number of nitrogens with zero attached hydrogens (tertiary/aromatic N) is 1. The summed E-state index contributed by atoms with van der Waals surface area (Å²) in [5.74, 6) is 3.07. The lowest BCUT2D eigenvalue weighted by Gasteiger charge is -2.07. The first-order valence-corrected chi connectivity index (χ1v) is 6.23. The van der Waals surface area contributed by atoms with Gasteiger partial charge < -0.3 is 10.7 Å². The summed E-state index contributed by atoms with van der Waals surface area (Å²) in [4.78, 5) is 15.8. The molecular weight excluding hydrogens is 302 g/mol. The molecule has 2 rings (SSSR count). The van der Waals surface area contributed by atoms with Gasteiger partial charge in [0.2, 0.25) is 0 Å². The number of anilines is 1. The number of rotatable bonds is 4. The van der Waals surface area contributed by atoms with Crippen LogP contribution in [0.5, 0.6) is 0 Å². The van der Waals surface area contributed by atoms with E-state index in [4.69, 9.17) is 17.4 Å². The van der Waals surface area contributed by atoms with Crippen molar-refractivity contribution in [3.05, 3.63) is 58.2 Å². The zero-order chi connectivity index (χ0) is 15.4. The average Bonchev–Trinajstić information content (AvgIpc) is 2.48. The highest BCUT2D eigenvalue weighted by Gasteiger charge is 2.10. The number of nitrogens with two attached hydrogens (primary N) is 1. The molecule has 4 N–H and O–H groups in total. The molecule has 1 aromatic heterocycles. The molecule has 21 heavy (non-hydrogen) atoms. The highest BCUT2D eigenvalue weighted by molar-refractivity contribution is 6.33. The molecule has 0 aliphatic rings. The van der Waals surface area contributed by atoms with Crippen LogP contribution in [0.2, 0.25) is 5.02 Å². The van der Waals surface area contributed by atoms with E-state index in [2.05, 4.69) is 15.7 Å². The number of amides is 1. The number of hydrogen-bond acceptors (Lipinski definition) is 4. The van der Waals surface area contributed by atoms with E-state index < -0.39 is 17.5 Å². The van der Waals surface area contributed by atoms with E-state index in [1.807, 2.05) is 0 Å². The first-order chi connectivity index (χ1) is 10.0. The van der Waals surface area contributed by atoms with Gasteiger partial charge in [-0.2, -0.15) is 0 Å². The molecule has 0 fully saturated rings. The molecule has 0 bridgehead atoms. The van der Waals surface area contributed by atoms with E-state index in [-0.39, 0.29) is 22.9 Å². The largest absolute Gasteiger partial charge is 0.348 e. The minimum absolute atomic E-state index is 0.0462. The van der Waals surface area contributed by atoms with Crippen LogP contribution in [0.1, 0.15) is 15.9 Å². The van der Waals surface area contributed by atoms with Gasteiger partial charge in [-0.3, -0.25) is 4.79 Å². The normalized spacial score (nSPS) is 10.3. The van der Waals surface area contributed by atoms with Crippen LogP contribution in [0.4, 0.5) is 14.6 Å². The van der Waals surface area contributed by atoms with E-state index in [0.29, 0.717) is 5.56 Å². The zero-order valence-electron chi connectivity index (χ0n) is 10.7. The van der Waals surface area contributed by atoms with Gasteiger partial charge in [0.1, 0.15) is 0 Å². The fourth-order valence-electron chi connectivity index (χ4n) is 1.60. The van der Waals surface area contributed by atoms with Crippen molar-refractivity contribution in [2.75, 3.05) is 5.43 Å². The summed E-state index contributed by atoms with van der Waals surface area (Å²) >= 11 is 5.85. The van der Waals surface area contributed by atoms with E-state index in [9.17, 15) is 13.6 Å². The molecule has 0 spiro atoms. The molecule has 0 saturated heterocycles. The fourth-order valence-corrected chi connectivity index (χ4v) is 1.82. The molecule has 1 amide bonds. The number of nitrogen functional groups attached to an aromatic ring is 1. The maximum atomic E-state index is 13.0. The second-order valence-corrected chi connectivity index (χ2v) is 4.54. The zero-order valence-corrected chi connectivity index (χ0v) is 11.4. The summed E-state index contributed by atoms with van der Waals surface area (Å²) in [6.45, 7) is 0.0462. The molecule has 5 nitrogen and oxygen atoms in total. The first-order valence-electron chi connectivity index (χ1n) is 5.85. The third-order valence-corrected chi connectivity index (χ3v) is 2.97. The van der Waals surface area contributed by atoms with Gasteiger partial charge >= 0.3 is 0 Å². The summed E-state index contributed by atoms with van der Waals surface area (Å²) in [6.07, 6.45) is 1.29. The van der Waals surface area contributed by atoms with Crippen LogP contribution in [0.15, 0.2) is 30.5 Å². The smallest absolute Gasteiger partial charge is 0.253 e. The molecule has 0 radical (unpaired) electrons. The Balaban J connectivity index is 2.04. The molecular formula is C13H11ClF2N4O. The Labute approximate surface area is 124 Å². The highest BCUT2D eigenvalue weighted by atomic mass is 35.5. The van der Waals surface area contributed by atoms with Gasteiger partial charge in [0, 0.05) is 12.7 Å². The van der Waals surface area contributed by atoms with Crippen LogP contribution in [-0.2, 0) is 6.54 Å². The predicted octanol–water partition coefficient (Wildman–Crippen LogP) is 2.23. The Bertz CT molecular complexity index is 681. The van der Waals surface area contributed by atoms with Crippen LogP contribution >= 0.6 is 11.6 Å². The maximum absolute atomic E-state index is 13.0. The van der Waals surface area contributed by atoms with Crippen molar-refractivity contribution >= 4 is 23.3 Å². The summed E-state index contributed by atoms with van der Waals surface area (Å²) in [6, 6.07) is 4.79. The minimum atomic E-state index is -0.968. The van der Waals surface area contributed by atoms with Crippen molar-refractivity contribution in [3.8, 4) is 0 Å². The first kappa shape index (κ1) is 15.1. The monoisotopic (exact) mass is 312 g/mol. The summed E-state index contributed by atoms with van der Waals surface area (Å²) < 4.78 is 25.8. The maximum Gasteiger partial charge on any atom is 0.253 e. The number of halogens is 3. The highest BCUT2D eigenvalue weighted by Crippen LogP contribution is 2.19. The number of carbonyl (C=O) groups excluding carboxylic acids is 1. The average molecular weight is 313 g/mol. The number of aromatic nitrogens is 1. The molecule has 1 heterocycles. The van der Waals surface area contributed by atoms with Crippen molar-refractivity contribution in [2.24, 2.45) is 5.84 Å². The van der Waals surface area contributed by atoms with Gasteiger partial charge in [-0.15, -0.1) is 0 Å². The Morgan fingerprint density at radius 2 is 2.05 bits per heavy atom. The standard InChI is InChI=1S/C13H11ClF2N4O/c14-9-4-8(6-18-12(9)20-17)13(21)19-5-7-1-2-10(15)11(16)3-7/h1-4,6H,5,17H2,(H,18,20)(H,19,21). The van der Waals surface area contributed by atoms with Gasteiger partial charge in [-0.1, -0.05) is 17.7 Å². The fraction of sp³-hybridized carbons (Fsp3) is 0.0769. The van der Waals surface area contributed by atoms with Crippen LogP contribution < -0.4 is 16.6 Å². The van der Waals surface area contributed by atoms with Crippen LogP contribution in [0, 0.1) is 11.6 Å². The van der Waals surface area contributed by atoms with Gasteiger partial charge in [-0.25, -0.2) is 19.6 Å². The number of pyridine rings is 1. The van der Waals surface area contributed by atoms with Crippen molar-refractivity contribution in [2.45, 2.75) is 6.54 Å². The Hall–Kier alpha value is -2.25. The van der Waals surface area contributed by atoms with E-state index >= 15 is 0 Å². The third kappa shape index (κ3) is 3.65.